The molecule has 3 N–H and O–H groups in total. The predicted octanol–water partition coefficient (Wildman–Crippen LogP) is 3.30. The molecule has 0 bridgehead atoms. The summed E-state index contributed by atoms with van der Waals surface area (Å²) >= 11 is 0. The largest absolute Gasteiger partial charge is 0.496 e. The second kappa shape index (κ2) is 11.7. The topological polar surface area (TPSA) is 74.8 Å². The lowest BCUT2D eigenvalue weighted by Crippen LogP contribution is -2.38. The lowest BCUT2D eigenvalue weighted by atomic mass is 10.1. The Morgan fingerprint density at radius 2 is 1.83 bits per heavy atom. The molecule has 1 amide bonds. The summed E-state index contributed by atoms with van der Waals surface area (Å²) in [6.07, 6.45) is 1.70. The maximum absolute atomic E-state index is 11.1. The fraction of sp³-hybridized carbons (Fsp3) is 0.391. The van der Waals surface area contributed by atoms with E-state index >= 15 is 0 Å². The Balaban J connectivity index is 1.86. The number of aliphatic imine (C=N–C) groups is 1. The first-order chi connectivity index (χ1) is 14.0. The van der Waals surface area contributed by atoms with E-state index in [0.29, 0.717) is 6.54 Å². The van der Waals surface area contributed by atoms with Crippen LogP contribution in [0.2, 0.25) is 0 Å². The number of methoxy groups -OCH3 is 1. The van der Waals surface area contributed by atoms with Crippen molar-refractivity contribution in [1.82, 2.24) is 10.6 Å². The molecule has 6 nitrogen and oxygen atoms in total. The van der Waals surface area contributed by atoms with Crippen molar-refractivity contribution < 1.29 is 9.53 Å². The number of anilines is 1. The monoisotopic (exact) mass is 396 g/mol. The van der Waals surface area contributed by atoms with Crippen molar-refractivity contribution in [2.45, 2.75) is 33.6 Å². The Hall–Kier alpha value is -3.02. The van der Waals surface area contributed by atoms with Gasteiger partial charge in [-0.1, -0.05) is 29.8 Å². The number of ether oxygens (including phenoxy) is 1. The Morgan fingerprint density at radius 1 is 1.07 bits per heavy atom. The number of aryl methyl sites for hydroxylation is 1. The molecule has 0 saturated carbocycles. The summed E-state index contributed by atoms with van der Waals surface area (Å²) in [5, 5.41) is 9.44. The zero-order valence-corrected chi connectivity index (χ0v) is 17.8. The van der Waals surface area contributed by atoms with Gasteiger partial charge in [0.15, 0.2) is 5.96 Å². The molecule has 2 rings (SSSR count). The summed E-state index contributed by atoms with van der Waals surface area (Å²) in [5.41, 5.74) is 4.41. The summed E-state index contributed by atoms with van der Waals surface area (Å²) < 4.78 is 5.45. The summed E-state index contributed by atoms with van der Waals surface area (Å²) in [6.45, 7) is 7.92. The Kier molecular flexibility index (Phi) is 9.02. The number of rotatable bonds is 9. The normalized spacial score (nSPS) is 11.1. The highest BCUT2D eigenvalue weighted by atomic mass is 16.5. The van der Waals surface area contributed by atoms with Crippen LogP contribution in [0.15, 0.2) is 47.5 Å². The lowest BCUT2D eigenvalue weighted by Gasteiger charge is -2.12. The maximum atomic E-state index is 11.1. The zero-order valence-electron chi connectivity index (χ0n) is 17.8. The number of carbonyl (C=O) groups excluding carboxylic acids is 1. The lowest BCUT2D eigenvalue weighted by molar-refractivity contribution is -0.114. The highest BCUT2D eigenvalue weighted by molar-refractivity contribution is 5.88. The van der Waals surface area contributed by atoms with Crippen molar-refractivity contribution in [2.75, 3.05) is 32.1 Å². The van der Waals surface area contributed by atoms with E-state index in [1.807, 2.05) is 30.3 Å². The Labute approximate surface area is 173 Å². The van der Waals surface area contributed by atoms with Gasteiger partial charge in [0.25, 0.3) is 0 Å². The average molecular weight is 397 g/mol. The molecular weight excluding hydrogens is 364 g/mol. The number of benzene rings is 2. The second-order valence-corrected chi connectivity index (χ2v) is 6.88. The van der Waals surface area contributed by atoms with Crippen LogP contribution >= 0.6 is 0 Å². The van der Waals surface area contributed by atoms with Crippen LogP contribution in [0, 0.1) is 6.92 Å². The molecule has 0 aliphatic heterocycles. The number of hydrogen-bond donors (Lipinski definition) is 3. The van der Waals surface area contributed by atoms with Crippen molar-refractivity contribution >= 4 is 17.6 Å². The van der Waals surface area contributed by atoms with Crippen molar-refractivity contribution in [3.63, 3.8) is 0 Å². The van der Waals surface area contributed by atoms with Gasteiger partial charge in [-0.3, -0.25) is 9.79 Å². The second-order valence-electron chi connectivity index (χ2n) is 6.88. The van der Waals surface area contributed by atoms with Gasteiger partial charge < -0.3 is 20.7 Å². The summed E-state index contributed by atoms with van der Waals surface area (Å²) in [6, 6.07) is 14.1. The SMILES string of the molecule is CCNC(=NCCc1cc(C)ccc1OC)NCCc1ccc(NC(C)=O)cc1. The quantitative estimate of drug-likeness (QED) is 0.449. The molecule has 2 aromatic rings. The highest BCUT2D eigenvalue weighted by Gasteiger charge is 2.04. The van der Waals surface area contributed by atoms with Crippen molar-refractivity contribution in [1.29, 1.82) is 0 Å². The first kappa shape index (κ1) is 22.3. The molecule has 0 aromatic heterocycles. The van der Waals surface area contributed by atoms with Gasteiger partial charge in [0.2, 0.25) is 5.91 Å². The molecule has 0 aliphatic rings. The van der Waals surface area contributed by atoms with Crippen molar-refractivity contribution in [3.8, 4) is 5.75 Å². The van der Waals surface area contributed by atoms with Crippen LogP contribution < -0.4 is 20.7 Å². The van der Waals surface area contributed by atoms with Crippen LogP contribution in [0.1, 0.15) is 30.5 Å². The summed E-state index contributed by atoms with van der Waals surface area (Å²) in [5.74, 6) is 1.66. The van der Waals surface area contributed by atoms with Crippen LogP contribution in [0.3, 0.4) is 0 Å². The minimum Gasteiger partial charge on any atom is -0.496 e. The average Bonchev–Trinajstić information content (AvgIpc) is 2.69. The molecule has 0 heterocycles. The molecule has 0 unspecified atom stereocenters. The molecule has 156 valence electrons. The predicted molar refractivity (Wildman–Crippen MR) is 120 cm³/mol. The van der Waals surface area contributed by atoms with E-state index in [1.54, 1.807) is 7.11 Å². The Morgan fingerprint density at radius 3 is 2.48 bits per heavy atom. The van der Waals surface area contributed by atoms with Crippen LogP contribution in [-0.2, 0) is 17.6 Å². The number of nitrogens with zero attached hydrogens (tertiary/aromatic N) is 1. The van der Waals surface area contributed by atoms with E-state index in [4.69, 9.17) is 4.74 Å². The number of amides is 1. The van der Waals surface area contributed by atoms with E-state index in [9.17, 15) is 4.79 Å². The van der Waals surface area contributed by atoms with E-state index in [2.05, 4.69) is 46.9 Å². The molecule has 0 saturated heterocycles. The molecule has 0 fully saturated rings. The number of carbonyl (C=O) groups is 1. The van der Waals surface area contributed by atoms with Crippen LogP contribution in [0.5, 0.6) is 5.75 Å². The molecule has 0 aliphatic carbocycles. The molecule has 0 atom stereocenters. The molecule has 0 spiro atoms. The number of nitrogens with one attached hydrogen (secondary N) is 3. The van der Waals surface area contributed by atoms with Gasteiger partial charge in [-0.15, -0.1) is 0 Å². The number of guanidine groups is 1. The smallest absolute Gasteiger partial charge is 0.221 e. The van der Waals surface area contributed by atoms with Crippen LogP contribution in [-0.4, -0.2) is 38.6 Å². The fourth-order valence-electron chi connectivity index (χ4n) is 3.02. The molecule has 29 heavy (non-hydrogen) atoms. The summed E-state index contributed by atoms with van der Waals surface area (Å²) in [7, 11) is 1.70. The van der Waals surface area contributed by atoms with E-state index in [-0.39, 0.29) is 5.91 Å². The van der Waals surface area contributed by atoms with Gasteiger partial charge in [0.1, 0.15) is 5.75 Å². The highest BCUT2D eigenvalue weighted by Crippen LogP contribution is 2.20. The van der Waals surface area contributed by atoms with Crippen LogP contribution in [0.4, 0.5) is 5.69 Å². The maximum Gasteiger partial charge on any atom is 0.221 e. The van der Waals surface area contributed by atoms with Crippen LogP contribution in [0.25, 0.3) is 0 Å². The minimum atomic E-state index is -0.0609. The van der Waals surface area contributed by atoms with Gasteiger partial charge in [0.05, 0.1) is 7.11 Å². The van der Waals surface area contributed by atoms with E-state index in [0.717, 1.165) is 43.3 Å². The van der Waals surface area contributed by atoms with E-state index in [1.165, 1.54) is 23.6 Å². The molecule has 2 aromatic carbocycles. The van der Waals surface area contributed by atoms with Gasteiger partial charge in [0, 0.05) is 32.2 Å². The van der Waals surface area contributed by atoms with Gasteiger partial charge >= 0.3 is 0 Å². The summed E-state index contributed by atoms with van der Waals surface area (Å²) in [4.78, 5) is 15.8. The fourth-order valence-corrected chi connectivity index (χ4v) is 3.02. The zero-order chi connectivity index (χ0) is 21.1. The van der Waals surface area contributed by atoms with Gasteiger partial charge in [-0.05, 0) is 56.0 Å². The first-order valence-corrected chi connectivity index (χ1v) is 10.0. The third-order valence-corrected chi connectivity index (χ3v) is 4.41. The molecule has 6 heteroatoms. The van der Waals surface area contributed by atoms with Crippen molar-refractivity contribution in [3.05, 3.63) is 59.2 Å². The van der Waals surface area contributed by atoms with E-state index < -0.39 is 0 Å². The minimum absolute atomic E-state index is 0.0609. The molecule has 0 radical (unpaired) electrons. The van der Waals surface area contributed by atoms with Gasteiger partial charge in [-0.25, -0.2) is 0 Å². The Bertz CT molecular complexity index is 816. The molecular formula is C23H32N4O2. The van der Waals surface area contributed by atoms with Gasteiger partial charge in [-0.2, -0.15) is 0 Å². The third kappa shape index (κ3) is 7.86. The standard InChI is InChI=1S/C23H32N4O2/c1-5-24-23(26-15-13-20-16-17(2)6-11-22(20)29-4)25-14-12-19-7-9-21(10-8-19)27-18(3)28/h6-11,16H,5,12-15H2,1-4H3,(H,27,28)(H2,24,25,26). The van der Waals surface area contributed by atoms with Crippen molar-refractivity contribution in [2.24, 2.45) is 4.99 Å². The third-order valence-electron chi connectivity index (χ3n) is 4.41. The first-order valence-electron chi connectivity index (χ1n) is 10.0. The number of hydrogen-bond acceptors (Lipinski definition) is 3.